The number of benzene rings is 2. The lowest BCUT2D eigenvalue weighted by Gasteiger charge is -2.14. The summed E-state index contributed by atoms with van der Waals surface area (Å²) in [5, 5.41) is 14.8. The fourth-order valence-electron chi connectivity index (χ4n) is 2.32. The molecule has 2 N–H and O–H groups in total. The second-order valence-corrected chi connectivity index (χ2v) is 5.11. The molecule has 0 radical (unpaired) electrons. The van der Waals surface area contributed by atoms with Crippen LogP contribution in [0, 0.1) is 5.92 Å². The van der Waals surface area contributed by atoms with Crippen LogP contribution < -0.4 is 5.32 Å². The van der Waals surface area contributed by atoms with Crippen molar-refractivity contribution in [3.63, 3.8) is 0 Å². The van der Waals surface area contributed by atoms with Gasteiger partial charge < -0.3 is 10.4 Å². The molecule has 3 heteroatoms. The maximum Gasteiger partial charge on any atom is 0.255 e. The van der Waals surface area contributed by atoms with Gasteiger partial charge in [0.15, 0.2) is 0 Å². The summed E-state index contributed by atoms with van der Waals surface area (Å²) in [5.41, 5.74) is 0.342. The van der Waals surface area contributed by atoms with Crippen molar-refractivity contribution >= 4 is 16.7 Å². The SMILES string of the molecule is CCC(CC)CNC(=O)c1cc2ccccc2cc1O. The molecule has 2 aromatic carbocycles. The lowest BCUT2D eigenvalue weighted by atomic mass is 10.0. The molecule has 0 saturated heterocycles. The molecule has 0 bridgehead atoms. The average Bonchev–Trinajstić information content (AvgIpc) is 2.47. The summed E-state index contributed by atoms with van der Waals surface area (Å²) in [5.74, 6) is 0.312. The number of fused-ring (bicyclic) bond motifs is 1. The van der Waals surface area contributed by atoms with E-state index >= 15 is 0 Å². The Hall–Kier alpha value is -2.03. The van der Waals surface area contributed by atoms with Gasteiger partial charge in [-0.15, -0.1) is 0 Å². The number of amides is 1. The minimum atomic E-state index is -0.208. The van der Waals surface area contributed by atoms with E-state index in [9.17, 15) is 9.90 Å². The first-order valence-electron chi connectivity index (χ1n) is 7.15. The molecule has 0 aliphatic carbocycles. The van der Waals surface area contributed by atoms with Gasteiger partial charge in [0.2, 0.25) is 0 Å². The zero-order valence-electron chi connectivity index (χ0n) is 12.0. The molecule has 106 valence electrons. The zero-order chi connectivity index (χ0) is 14.5. The van der Waals surface area contributed by atoms with Crippen LogP contribution in [0.15, 0.2) is 36.4 Å². The van der Waals surface area contributed by atoms with E-state index in [1.165, 1.54) is 0 Å². The third-order valence-electron chi connectivity index (χ3n) is 3.81. The molecule has 0 spiro atoms. The predicted molar refractivity (Wildman–Crippen MR) is 82.0 cm³/mol. The first kappa shape index (κ1) is 14.4. The first-order chi connectivity index (χ1) is 9.65. The second-order valence-electron chi connectivity index (χ2n) is 5.11. The second kappa shape index (κ2) is 6.42. The Morgan fingerprint density at radius 1 is 1.15 bits per heavy atom. The molecular weight excluding hydrogens is 250 g/mol. The van der Waals surface area contributed by atoms with Gasteiger partial charge in [0.1, 0.15) is 5.75 Å². The highest BCUT2D eigenvalue weighted by Crippen LogP contribution is 2.24. The third-order valence-corrected chi connectivity index (χ3v) is 3.81. The Kier molecular flexibility index (Phi) is 4.61. The minimum Gasteiger partial charge on any atom is -0.507 e. The topological polar surface area (TPSA) is 49.3 Å². The molecule has 0 aromatic heterocycles. The Morgan fingerprint density at radius 2 is 1.75 bits per heavy atom. The quantitative estimate of drug-likeness (QED) is 0.871. The molecular formula is C17H21NO2. The van der Waals surface area contributed by atoms with Gasteiger partial charge in [0, 0.05) is 6.54 Å². The fourth-order valence-corrected chi connectivity index (χ4v) is 2.32. The molecule has 3 nitrogen and oxygen atoms in total. The van der Waals surface area contributed by atoms with Gasteiger partial charge in [-0.3, -0.25) is 4.79 Å². The monoisotopic (exact) mass is 271 g/mol. The molecule has 0 unspecified atom stereocenters. The molecule has 2 aromatic rings. The molecule has 0 saturated carbocycles. The Bertz CT molecular complexity index is 603. The number of nitrogens with one attached hydrogen (secondary N) is 1. The Labute approximate surface area is 119 Å². The van der Waals surface area contributed by atoms with Crippen LogP contribution >= 0.6 is 0 Å². The number of hydrogen-bond acceptors (Lipinski definition) is 2. The van der Waals surface area contributed by atoms with E-state index in [0.29, 0.717) is 18.0 Å². The third kappa shape index (κ3) is 3.10. The van der Waals surface area contributed by atoms with E-state index in [2.05, 4.69) is 19.2 Å². The van der Waals surface area contributed by atoms with Crippen molar-refractivity contribution < 1.29 is 9.90 Å². The number of carbonyl (C=O) groups excluding carboxylic acids is 1. The Morgan fingerprint density at radius 3 is 2.35 bits per heavy atom. The van der Waals surface area contributed by atoms with E-state index < -0.39 is 0 Å². The first-order valence-corrected chi connectivity index (χ1v) is 7.15. The smallest absolute Gasteiger partial charge is 0.255 e. The number of phenolic OH excluding ortho intramolecular Hbond substituents is 1. The maximum atomic E-state index is 12.2. The van der Waals surface area contributed by atoms with Gasteiger partial charge in [-0.1, -0.05) is 51.0 Å². The Balaban J connectivity index is 2.19. The van der Waals surface area contributed by atoms with Gasteiger partial charge in [0.05, 0.1) is 5.56 Å². The van der Waals surface area contributed by atoms with Crippen LogP contribution in [-0.2, 0) is 0 Å². The maximum absolute atomic E-state index is 12.2. The molecule has 0 heterocycles. The number of hydrogen-bond donors (Lipinski definition) is 2. The van der Waals surface area contributed by atoms with Crippen LogP contribution in [0.3, 0.4) is 0 Å². The van der Waals surface area contributed by atoms with Crippen LogP contribution in [-0.4, -0.2) is 17.6 Å². The van der Waals surface area contributed by atoms with E-state index in [1.54, 1.807) is 12.1 Å². The van der Waals surface area contributed by atoms with Gasteiger partial charge in [-0.25, -0.2) is 0 Å². The van der Waals surface area contributed by atoms with Crippen LogP contribution in [0.25, 0.3) is 10.8 Å². The summed E-state index contributed by atoms with van der Waals surface area (Å²) in [7, 11) is 0. The van der Waals surface area contributed by atoms with Crippen molar-refractivity contribution in [1.82, 2.24) is 5.32 Å². The number of aromatic hydroxyl groups is 1. The number of phenols is 1. The van der Waals surface area contributed by atoms with Gasteiger partial charge >= 0.3 is 0 Å². The molecule has 0 aliphatic heterocycles. The summed E-state index contributed by atoms with van der Waals surface area (Å²) in [6.45, 7) is 4.89. The lowest BCUT2D eigenvalue weighted by molar-refractivity contribution is 0.0944. The van der Waals surface area contributed by atoms with E-state index in [4.69, 9.17) is 0 Å². The van der Waals surface area contributed by atoms with Crippen molar-refractivity contribution in [1.29, 1.82) is 0 Å². The molecule has 0 aliphatic rings. The largest absolute Gasteiger partial charge is 0.507 e. The van der Waals surface area contributed by atoms with Crippen LogP contribution in [0.1, 0.15) is 37.0 Å². The minimum absolute atomic E-state index is 0.0331. The molecule has 1 amide bonds. The van der Waals surface area contributed by atoms with Crippen molar-refractivity contribution in [2.24, 2.45) is 5.92 Å². The van der Waals surface area contributed by atoms with Crippen molar-refractivity contribution in [2.45, 2.75) is 26.7 Å². The summed E-state index contributed by atoms with van der Waals surface area (Å²) in [6.07, 6.45) is 2.08. The molecule has 0 atom stereocenters. The van der Waals surface area contributed by atoms with E-state index in [-0.39, 0.29) is 11.7 Å². The van der Waals surface area contributed by atoms with Crippen molar-refractivity contribution in [2.75, 3.05) is 6.54 Å². The van der Waals surface area contributed by atoms with Crippen LogP contribution in [0.2, 0.25) is 0 Å². The highest BCUT2D eigenvalue weighted by Gasteiger charge is 2.13. The van der Waals surface area contributed by atoms with Crippen LogP contribution in [0.5, 0.6) is 5.75 Å². The van der Waals surface area contributed by atoms with E-state index in [1.807, 2.05) is 24.3 Å². The van der Waals surface area contributed by atoms with E-state index in [0.717, 1.165) is 23.6 Å². The summed E-state index contributed by atoms with van der Waals surface area (Å²) >= 11 is 0. The fraction of sp³-hybridized carbons (Fsp3) is 0.353. The van der Waals surface area contributed by atoms with Crippen molar-refractivity contribution in [3.05, 3.63) is 42.0 Å². The lowest BCUT2D eigenvalue weighted by Crippen LogP contribution is -2.28. The highest BCUT2D eigenvalue weighted by atomic mass is 16.3. The summed E-state index contributed by atoms with van der Waals surface area (Å²) in [6, 6.07) is 11.1. The standard InChI is InChI=1S/C17H21NO2/c1-3-12(4-2)11-18-17(20)15-9-13-7-5-6-8-14(13)10-16(15)19/h5-10,12,19H,3-4,11H2,1-2H3,(H,18,20). The summed E-state index contributed by atoms with van der Waals surface area (Å²) < 4.78 is 0. The van der Waals surface area contributed by atoms with Gasteiger partial charge in [0.25, 0.3) is 5.91 Å². The normalized spacial score (nSPS) is 10.9. The zero-order valence-corrected chi connectivity index (χ0v) is 12.0. The highest BCUT2D eigenvalue weighted by molar-refractivity contribution is 6.01. The number of rotatable bonds is 5. The molecule has 0 fully saturated rings. The molecule has 20 heavy (non-hydrogen) atoms. The number of carbonyl (C=O) groups is 1. The van der Waals surface area contributed by atoms with Crippen LogP contribution in [0.4, 0.5) is 0 Å². The molecule has 2 rings (SSSR count). The van der Waals surface area contributed by atoms with Gasteiger partial charge in [-0.2, -0.15) is 0 Å². The van der Waals surface area contributed by atoms with Crippen molar-refractivity contribution in [3.8, 4) is 5.75 Å². The average molecular weight is 271 g/mol. The van der Waals surface area contributed by atoms with Gasteiger partial charge in [-0.05, 0) is 28.8 Å². The summed E-state index contributed by atoms with van der Waals surface area (Å²) in [4.78, 5) is 12.2. The predicted octanol–water partition coefficient (Wildman–Crippen LogP) is 3.71.